The molecule has 0 spiro atoms. The van der Waals surface area contributed by atoms with E-state index in [0.29, 0.717) is 30.7 Å². The van der Waals surface area contributed by atoms with Crippen LogP contribution >= 0.6 is 11.3 Å². The number of aryl methyl sites for hydroxylation is 1. The van der Waals surface area contributed by atoms with Crippen LogP contribution in [0.1, 0.15) is 43.2 Å². The molecule has 10 heteroatoms. The minimum absolute atomic E-state index is 0.132. The smallest absolute Gasteiger partial charge is 0.329 e. The Labute approximate surface area is 197 Å². The van der Waals surface area contributed by atoms with E-state index < -0.39 is 10.0 Å². The molecule has 1 fully saturated rings. The number of imidazole rings is 1. The lowest BCUT2D eigenvalue weighted by atomic mass is 10.2. The number of sulfonamides is 1. The molecular weight excluding hydrogens is 460 g/mol. The number of aromatic nitrogens is 2. The zero-order valence-corrected chi connectivity index (χ0v) is 20.8. The highest BCUT2D eigenvalue weighted by Crippen LogP contribution is 2.25. The fourth-order valence-corrected chi connectivity index (χ4v) is 6.77. The summed E-state index contributed by atoms with van der Waals surface area (Å²) in [7, 11) is -3.63. The number of benzene rings is 1. The molecule has 0 aliphatic carbocycles. The van der Waals surface area contributed by atoms with E-state index in [1.807, 2.05) is 26.2 Å². The first-order valence-corrected chi connectivity index (χ1v) is 13.6. The number of nitrogens with zero attached hydrogens (tertiary/aromatic N) is 3. The monoisotopic (exact) mass is 490 g/mol. The maximum absolute atomic E-state index is 13.2. The maximum Gasteiger partial charge on any atom is 0.329 e. The van der Waals surface area contributed by atoms with Gasteiger partial charge in [0.25, 0.3) is 0 Å². The van der Waals surface area contributed by atoms with Crippen LogP contribution in [-0.4, -0.2) is 47.4 Å². The summed E-state index contributed by atoms with van der Waals surface area (Å²) in [5, 5.41) is 4.92. The van der Waals surface area contributed by atoms with E-state index in [0.717, 1.165) is 19.3 Å². The number of hydrogen-bond donors (Lipinski definition) is 1. The summed E-state index contributed by atoms with van der Waals surface area (Å²) in [6.45, 7) is 7.16. The molecule has 3 heterocycles. The third-order valence-corrected chi connectivity index (χ3v) is 9.07. The second-order valence-electron chi connectivity index (χ2n) is 8.72. The Morgan fingerprint density at radius 2 is 1.88 bits per heavy atom. The largest absolute Gasteiger partial charge is 0.354 e. The van der Waals surface area contributed by atoms with Crippen molar-refractivity contribution in [2.45, 2.75) is 57.5 Å². The van der Waals surface area contributed by atoms with Crippen molar-refractivity contribution in [1.29, 1.82) is 0 Å². The number of fused-ring (bicyclic) bond motifs is 1. The first-order valence-electron chi connectivity index (χ1n) is 11.2. The van der Waals surface area contributed by atoms with Gasteiger partial charge < -0.3 is 5.32 Å². The molecule has 0 atom stereocenters. The molecule has 1 saturated heterocycles. The number of thiophene rings is 1. The van der Waals surface area contributed by atoms with Crippen LogP contribution < -0.4 is 11.0 Å². The predicted octanol–water partition coefficient (Wildman–Crippen LogP) is 2.90. The van der Waals surface area contributed by atoms with Crippen LogP contribution in [0.3, 0.4) is 0 Å². The highest BCUT2D eigenvalue weighted by Gasteiger charge is 2.28. The van der Waals surface area contributed by atoms with Crippen molar-refractivity contribution >= 4 is 38.3 Å². The number of amides is 1. The fraction of sp³-hybridized carbons (Fsp3) is 0.478. The first kappa shape index (κ1) is 23.7. The Balaban J connectivity index is 1.63. The van der Waals surface area contributed by atoms with Crippen LogP contribution in [0.15, 0.2) is 39.3 Å². The number of rotatable bonds is 8. The highest BCUT2D eigenvalue weighted by molar-refractivity contribution is 7.89. The van der Waals surface area contributed by atoms with Gasteiger partial charge in [-0.1, -0.05) is 0 Å². The minimum atomic E-state index is -3.63. The molecule has 1 aliphatic rings. The molecule has 8 nitrogen and oxygen atoms in total. The molecule has 0 saturated carbocycles. The molecule has 4 rings (SSSR count). The number of hydrogen-bond acceptors (Lipinski definition) is 5. The number of carbonyl (C=O) groups excluding carboxylic acids is 1. The summed E-state index contributed by atoms with van der Waals surface area (Å²) in [6, 6.07) is 6.68. The van der Waals surface area contributed by atoms with Crippen molar-refractivity contribution in [2.75, 3.05) is 19.6 Å². The van der Waals surface area contributed by atoms with E-state index in [1.54, 1.807) is 28.0 Å². The molecule has 33 heavy (non-hydrogen) atoms. The third kappa shape index (κ3) is 4.64. The van der Waals surface area contributed by atoms with Crippen LogP contribution in [0.25, 0.3) is 11.0 Å². The summed E-state index contributed by atoms with van der Waals surface area (Å²) in [5.74, 6) is -0.276. The average Bonchev–Trinajstić information content (AvgIpc) is 3.49. The lowest BCUT2D eigenvalue weighted by molar-refractivity contribution is -0.121. The molecule has 178 valence electrons. The van der Waals surface area contributed by atoms with Crippen LogP contribution in [0.5, 0.6) is 0 Å². The lowest BCUT2D eigenvalue weighted by Gasteiger charge is -2.16. The van der Waals surface area contributed by atoms with Gasteiger partial charge in [-0.2, -0.15) is 4.31 Å². The standard InChI is InChI=1S/C23H30N4O4S2/c1-16(2)27-19-7-6-18(33(30,31)25-11-4-5-12-25)14-20(19)26(23(27)29)15-22(28)24-10-8-21-17(3)9-13-32-21/h6-7,9,13-14,16H,4-5,8,10-12,15H2,1-3H3,(H,24,28). The Morgan fingerprint density at radius 3 is 2.52 bits per heavy atom. The van der Waals surface area contributed by atoms with Gasteiger partial charge in [0.05, 0.1) is 15.9 Å². The summed E-state index contributed by atoms with van der Waals surface area (Å²) in [4.78, 5) is 27.2. The molecule has 3 aromatic rings. The van der Waals surface area contributed by atoms with Crippen molar-refractivity contribution in [1.82, 2.24) is 18.8 Å². The quantitative estimate of drug-likeness (QED) is 0.525. The van der Waals surface area contributed by atoms with E-state index in [-0.39, 0.29) is 29.1 Å². The molecule has 1 N–H and O–H groups in total. The van der Waals surface area contributed by atoms with Crippen molar-refractivity contribution in [3.63, 3.8) is 0 Å². The molecule has 1 aromatic carbocycles. The van der Waals surface area contributed by atoms with E-state index in [2.05, 4.69) is 11.4 Å². The van der Waals surface area contributed by atoms with Crippen LogP contribution in [0.2, 0.25) is 0 Å². The molecule has 1 amide bonds. The molecule has 0 unspecified atom stereocenters. The van der Waals surface area contributed by atoms with Gasteiger partial charge in [-0.05, 0) is 75.2 Å². The zero-order valence-electron chi connectivity index (χ0n) is 19.2. The summed E-state index contributed by atoms with van der Waals surface area (Å²) in [6.07, 6.45) is 2.43. The van der Waals surface area contributed by atoms with E-state index in [1.165, 1.54) is 25.4 Å². The normalized spacial score (nSPS) is 15.0. The lowest BCUT2D eigenvalue weighted by Crippen LogP contribution is -2.34. The van der Waals surface area contributed by atoms with E-state index in [4.69, 9.17) is 0 Å². The molecule has 0 bridgehead atoms. The second-order valence-corrected chi connectivity index (χ2v) is 11.7. The second kappa shape index (κ2) is 9.44. The van der Waals surface area contributed by atoms with Crippen molar-refractivity contribution < 1.29 is 13.2 Å². The number of nitrogens with one attached hydrogen (secondary N) is 1. The topological polar surface area (TPSA) is 93.4 Å². The van der Waals surface area contributed by atoms with Gasteiger partial charge in [-0.3, -0.25) is 13.9 Å². The summed E-state index contributed by atoms with van der Waals surface area (Å²) in [5.41, 5.74) is 1.97. The van der Waals surface area contributed by atoms with E-state index >= 15 is 0 Å². The SMILES string of the molecule is Cc1ccsc1CCNC(=O)Cn1c(=O)n(C(C)C)c2ccc(S(=O)(=O)N3CCCC3)cc21. The Hall–Kier alpha value is -2.43. The van der Waals surface area contributed by atoms with Crippen LogP contribution in [0.4, 0.5) is 0 Å². The van der Waals surface area contributed by atoms with E-state index in [9.17, 15) is 18.0 Å². The molecular formula is C23H30N4O4S2. The van der Waals surface area contributed by atoms with Crippen molar-refractivity contribution in [2.24, 2.45) is 0 Å². The Kier molecular flexibility index (Phi) is 6.78. The molecule has 2 aromatic heterocycles. The minimum Gasteiger partial charge on any atom is -0.354 e. The van der Waals surface area contributed by atoms with Gasteiger partial charge >= 0.3 is 5.69 Å². The van der Waals surface area contributed by atoms with Gasteiger partial charge in [-0.25, -0.2) is 13.2 Å². The summed E-state index contributed by atoms with van der Waals surface area (Å²) >= 11 is 1.66. The van der Waals surface area contributed by atoms with Crippen molar-refractivity contribution in [3.8, 4) is 0 Å². The number of carbonyl (C=O) groups is 1. The maximum atomic E-state index is 13.2. The molecule has 1 aliphatic heterocycles. The van der Waals surface area contributed by atoms with Gasteiger partial charge in [0, 0.05) is 30.6 Å². The van der Waals surface area contributed by atoms with Crippen LogP contribution in [0, 0.1) is 6.92 Å². The summed E-state index contributed by atoms with van der Waals surface area (Å²) < 4.78 is 30.6. The zero-order chi connectivity index (χ0) is 23.8. The first-order chi connectivity index (χ1) is 15.7. The van der Waals surface area contributed by atoms with Gasteiger partial charge in [0.1, 0.15) is 6.54 Å². The van der Waals surface area contributed by atoms with Crippen molar-refractivity contribution in [3.05, 3.63) is 50.6 Å². The van der Waals surface area contributed by atoms with Gasteiger partial charge in [0.15, 0.2) is 0 Å². The Morgan fingerprint density at radius 1 is 1.15 bits per heavy atom. The van der Waals surface area contributed by atoms with Gasteiger partial charge in [-0.15, -0.1) is 11.3 Å². The molecule has 0 radical (unpaired) electrons. The van der Waals surface area contributed by atoms with Gasteiger partial charge in [0.2, 0.25) is 15.9 Å². The Bertz CT molecular complexity index is 1330. The average molecular weight is 491 g/mol. The highest BCUT2D eigenvalue weighted by atomic mass is 32.2. The third-order valence-electron chi connectivity index (χ3n) is 6.10. The predicted molar refractivity (Wildman–Crippen MR) is 130 cm³/mol. The fourth-order valence-electron chi connectivity index (χ4n) is 4.32. The van der Waals surface area contributed by atoms with Crippen LogP contribution in [-0.2, 0) is 27.8 Å².